The molecule has 0 spiro atoms. The smallest absolute Gasteiger partial charge is 0.159 e. The van der Waals surface area contributed by atoms with Crippen LogP contribution in [0.3, 0.4) is 0 Å². The number of fused-ring (bicyclic) bond motifs is 1. The number of hydrogen-bond acceptors (Lipinski definition) is 1. The van der Waals surface area contributed by atoms with Gasteiger partial charge in [0.2, 0.25) is 0 Å². The number of carbonyl (C=O) groups excluding carboxylic acids is 1. The molecule has 0 N–H and O–H groups in total. The molecule has 2 aromatic carbocycles. The standard InChI is InChI=1S/C24H27F2NO/c1-15-10-23-19(16(2)20(15)12-18(28)13-24(3,4)5)8-9-27(23)14-17-6-7-21(25)22(26)11-17/h6-11H,12-14H2,1-5H3. The second-order valence-electron chi connectivity index (χ2n) is 8.87. The number of Topliss-reactive ketones (excluding diaryl/α,β-unsaturated/α-hetero) is 1. The van der Waals surface area contributed by atoms with E-state index in [0.717, 1.165) is 33.7 Å². The van der Waals surface area contributed by atoms with E-state index in [1.165, 1.54) is 6.07 Å². The van der Waals surface area contributed by atoms with E-state index in [2.05, 4.69) is 33.8 Å². The molecule has 148 valence electrons. The van der Waals surface area contributed by atoms with E-state index in [4.69, 9.17) is 0 Å². The van der Waals surface area contributed by atoms with Crippen LogP contribution in [0.5, 0.6) is 0 Å². The second kappa shape index (κ2) is 7.50. The van der Waals surface area contributed by atoms with Crippen LogP contribution in [0.2, 0.25) is 0 Å². The summed E-state index contributed by atoms with van der Waals surface area (Å²) in [7, 11) is 0. The molecule has 1 aromatic heterocycles. The van der Waals surface area contributed by atoms with Crippen LogP contribution in [0.1, 0.15) is 49.4 Å². The summed E-state index contributed by atoms with van der Waals surface area (Å²) in [4.78, 5) is 12.5. The van der Waals surface area contributed by atoms with E-state index in [1.807, 2.05) is 23.8 Å². The maximum Gasteiger partial charge on any atom is 0.159 e. The fourth-order valence-electron chi connectivity index (χ4n) is 3.81. The molecule has 4 heteroatoms. The molecular weight excluding hydrogens is 356 g/mol. The minimum Gasteiger partial charge on any atom is -0.343 e. The number of aryl methyl sites for hydroxylation is 2. The molecule has 0 aliphatic carbocycles. The average Bonchev–Trinajstić information content (AvgIpc) is 2.96. The van der Waals surface area contributed by atoms with E-state index >= 15 is 0 Å². The van der Waals surface area contributed by atoms with Crippen molar-refractivity contribution in [3.05, 3.63) is 70.4 Å². The van der Waals surface area contributed by atoms with E-state index in [9.17, 15) is 13.6 Å². The summed E-state index contributed by atoms with van der Waals surface area (Å²) in [6.07, 6.45) is 2.96. The largest absolute Gasteiger partial charge is 0.343 e. The topological polar surface area (TPSA) is 22.0 Å². The predicted octanol–water partition coefficient (Wildman–Crippen LogP) is 6.13. The number of hydrogen-bond donors (Lipinski definition) is 0. The number of aromatic nitrogens is 1. The van der Waals surface area contributed by atoms with Crippen LogP contribution in [-0.2, 0) is 17.8 Å². The van der Waals surface area contributed by atoms with Gasteiger partial charge in [0.25, 0.3) is 0 Å². The summed E-state index contributed by atoms with van der Waals surface area (Å²) in [5, 5.41) is 1.09. The van der Waals surface area contributed by atoms with Crippen molar-refractivity contribution in [2.45, 2.75) is 54.0 Å². The van der Waals surface area contributed by atoms with Crippen molar-refractivity contribution in [3.63, 3.8) is 0 Å². The van der Waals surface area contributed by atoms with Crippen LogP contribution >= 0.6 is 0 Å². The molecule has 0 amide bonds. The van der Waals surface area contributed by atoms with Gasteiger partial charge in [-0.1, -0.05) is 26.8 Å². The van der Waals surface area contributed by atoms with Gasteiger partial charge in [0.05, 0.1) is 0 Å². The van der Waals surface area contributed by atoms with Gasteiger partial charge in [0.15, 0.2) is 11.6 Å². The lowest BCUT2D eigenvalue weighted by Crippen LogP contribution is -2.15. The summed E-state index contributed by atoms with van der Waals surface area (Å²) in [6.45, 7) is 10.8. The highest BCUT2D eigenvalue weighted by atomic mass is 19.2. The van der Waals surface area contributed by atoms with Gasteiger partial charge in [-0.3, -0.25) is 4.79 Å². The number of carbonyl (C=O) groups is 1. The van der Waals surface area contributed by atoms with Crippen LogP contribution < -0.4 is 0 Å². The highest BCUT2D eigenvalue weighted by Gasteiger charge is 2.19. The minimum absolute atomic E-state index is 0.0171. The van der Waals surface area contributed by atoms with Gasteiger partial charge in [0, 0.05) is 36.5 Å². The molecule has 28 heavy (non-hydrogen) atoms. The Morgan fingerprint density at radius 3 is 2.39 bits per heavy atom. The van der Waals surface area contributed by atoms with Crippen molar-refractivity contribution < 1.29 is 13.6 Å². The van der Waals surface area contributed by atoms with Crippen LogP contribution in [0.25, 0.3) is 10.9 Å². The summed E-state index contributed by atoms with van der Waals surface area (Å²) in [5.41, 5.74) is 5.01. The summed E-state index contributed by atoms with van der Waals surface area (Å²) < 4.78 is 28.7. The normalized spacial score (nSPS) is 12.0. The third-order valence-corrected chi connectivity index (χ3v) is 5.13. The molecule has 0 aliphatic heterocycles. The highest BCUT2D eigenvalue weighted by Crippen LogP contribution is 2.29. The SMILES string of the molecule is Cc1cc2c(ccn2Cc2ccc(F)c(F)c2)c(C)c1CC(=O)CC(C)(C)C. The van der Waals surface area contributed by atoms with Crippen molar-refractivity contribution in [1.82, 2.24) is 4.57 Å². The minimum atomic E-state index is -0.836. The Morgan fingerprint density at radius 2 is 1.75 bits per heavy atom. The molecular formula is C24H27F2NO. The summed E-state index contributed by atoms with van der Waals surface area (Å²) in [5.74, 6) is -1.42. The predicted molar refractivity (Wildman–Crippen MR) is 110 cm³/mol. The zero-order valence-electron chi connectivity index (χ0n) is 17.2. The zero-order valence-corrected chi connectivity index (χ0v) is 17.2. The zero-order chi connectivity index (χ0) is 20.6. The van der Waals surface area contributed by atoms with Gasteiger partial charge in [-0.25, -0.2) is 8.78 Å². The molecule has 1 heterocycles. The van der Waals surface area contributed by atoms with Crippen LogP contribution in [0, 0.1) is 30.9 Å². The van der Waals surface area contributed by atoms with Crippen molar-refractivity contribution in [1.29, 1.82) is 0 Å². The fraction of sp³-hybridized carbons (Fsp3) is 0.375. The Balaban J connectivity index is 1.93. The second-order valence-corrected chi connectivity index (χ2v) is 8.87. The fourth-order valence-corrected chi connectivity index (χ4v) is 3.81. The van der Waals surface area contributed by atoms with Crippen LogP contribution in [-0.4, -0.2) is 10.4 Å². The number of nitrogens with zero attached hydrogens (tertiary/aromatic N) is 1. The van der Waals surface area contributed by atoms with E-state index in [-0.39, 0.29) is 11.2 Å². The average molecular weight is 383 g/mol. The molecule has 0 bridgehead atoms. The molecule has 0 saturated heterocycles. The Morgan fingerprint density at radius 1 is 1.04 bits per heavy atom. The molecule has 0 aliphatic rings. The Kier molecular flexibility index (Phi) is 5.42. The first kappa shape index (κ1) is 20.2. The van der Waals surface area contributed by atoms with Crippen molar-refractivity contribution in [2.24, 2.45) is 5.41 Å². The molecule has 0 atom stereocenters. The molecule has 0 radical (unpaired) electrons. The van der Waals surface area contributed by atoms with Crippen molar-refractivity contribution >= 4 is 16.7 Å². The van der Waals surface area contributed by atoms with Gasteiger partial charge in [-0.2, -0.15) is 0 Å². The first-order valence-corrected chi connectivity index (χ1v) is 9.59. The number of benzene rings is 2. The van der Waals surface area contributed by atoms with Gasteiger partial charge >= 0.3 is 0 Å². The maximum absolute atomic E-state index is 13.5. The molecule has 0 fully saturated rings. The molecule has 0 unspecified atom stereocenters. The molecule has 0 saturated carbocycles. The van der Waals surface area contributed by atoms with E-state index < -0.39 is 11.6 Å². The lowest BCUT2D eigenvalue weighted by Gasteiger charge is -2.18. The van der Waals surface area contributed by atoms with Gasteiger partial charge < -0.3 is 4.57 Å². The van der Waals surface area contributed by atoms with Crippen LogP contribution in [0.4, 0.5) is 8.78 Å². The van der Waals surface area contributed by atoms with E-state index in [1.54, 1.807) is 6.07 Å². The maximum atomic E-state index is 13.5. The van der Waals surface area contributed by atoms with E-state index in [0.29, 0.717) is 24.9 Å². The third-order valence-electron chi connectivity index (χ3n) is 5.13. The lowest BCUT2D eigenvalue weighted by atomic mass is 9.86. The van der Waals surface area contributed by atoms with Crippen LogP contribution in [0.15, 0.2) is 36.5 Å². The lowest BCUT2D eigenvalue weighted by molar-refractivity contribution is -0.120. The number of halogens is 2. The highest BCUT2D eigenvalue weighted by molar-refractivity contribution is 5.89. The van der Waals surface area contributed by atoms with Crippen molar-refractivity contribution in [2.75, 3.05) is 0 Å². The third kappa shape index (κ3) is 4.32. The Bertz CT molecular complexity index is 1040. The van der Waals surface area contributed by atoms with Gasteiger partial charge in [-0.05, 0) is 65.8 Å². The number of ketones is 1. The first-order valence-electron chi connectivity index (χ1n) is 9.59. The molecule has 3 rings (SSSR count). The summed E-state index contributed by atoms with van der Waals surface area (Å²) in [6, 6.07) is 8.11. The monoisotopic (exact) mass is 383 g/mol. The van der Waals surface area contributed by atoms with Gasteiger partial charge in [0.1, 0.15) is 5.78 Å². The Labute approximate surface area is 165 Å². The Hall–Kier alpha value is -2.49. The van der Waals surface area contributed by atoms with Gasteiger partial charge in [-0.15, -0.1) is 0 Å². The van der Waals surface area contributed by atoms with Crippen molar-refractivity contribution in [3.8, 4) is 0 Å². The first-order chi connectivity index (χ1) is 13.0. The summed E-state index contributed by atoms with van der Waals surface area (Å²) >= 11 is 0. The molecule has 3 aromatic rings. The molecule has 2 nitrogen and oxygen atoms in total. The number of rotatable bonds is 5. The quantitative estimate of drug-likeness (QED) is 0.519.